The molecule has 0 bridgehead atoms. The highest BCUT2D eigenvalue weighted by Crippen LogP contribution is 2.34. The largest absolute Gasteiger partial charge is 0.416 e. The zero-order valence-electron chi connectivity index (χ0n) is 17.3. The first kappa shape index (κ1) is 22.4. The first-order valence-electron chi connectivity index (χ1n) is 10.4. The molecule has 1 aromatic carbocycles. The molecule has 2 aromatic heterocycles. The molecule has 0 saturated carbocycles. The van der Waals surface area contributed by atoms with Gasteiger partial charge < -0.3 is 9.47 Å². The Morgan fingerprint density at radius 2 is 1.97 bits per heavy atom. The molecule has 31 heavy (non-hydrogen) atoms. The van der Waals surface area contributed by atoms with Crippen LogP contribution in [-0.2, 0) is 13.2 Å². The normalized spacial score (nSPS) is 16.1. The topological polar surface area (TPSA) is 34.0 Å². The van der Waals surface area contributed by atoms with Gasteiger partial charge in [-0.25, -0.2) is 0 Å². The van der Waals surface area contributed by atoms with E-state index in [1.165, 1.54) is 12.1 Å². The van der Waals surface area contributed by atoms with E-state index < -0.39 is 11.7 Å². The summed E-state index contributed by atoms with van der Waals surface area (Å²) in [5.41, 5.74) is 1.36. The summed E-state index contributed by atoms with van der Waals surface area (Å²) >= 11 is 3.36. The van der Waals surface area contributed by atoms with E-state index in [1.54, 1.807) is 23.1 Å². The summed E-state index contributed by atoms with van der Waals surface area (Å²) in [5.74, 6) is 2.06. The molecule has 0 unspecified atom stereocenters. The molecule has 0 atom stereocenters. The van der Waals surface area contributed by atoms with Crippen molar-refractivity contribution in [2.24, 2.45) is 7.05 Å². The van der Waals surface area contributed by atoms with Crippen LogP contribution in [0.1, 0.15) is 36.3 Å². The van der Waals surface area contributed by atoms with Crippen molar-refractivity contribution in [1.82, 2.24) is 19.7 Å². The van der Waals surface area contributed by atoms with Crippen LogP contribution < -0.4 is 0 Å². The minimum atomic E-state index is -4.28. The lowest BCUT2D eigenvalue weighted by Gasteiger charge is -2.32. The maximum absolute atomic E-state index is 13.0. The van der Waals surface area contributed by atoms with Crippen LogP contribution in [0.25, 0.3) is 11.4 Å². The zero-order chi connectivity index (χ0) is 21.8. The molecule has 3 aromatic rings. The summed E-state index contributed by atoms with van der Waals surface area (Å²) < 4.78 is 40.9. The van der Waals surface area contributed by atoms with Gasteiger partial charge in [0.15, 0.2) is 11.0 Å². The summed E-state index contributed by atoms with van der Waals surface area (Å²) in [6.07, 6.45) is -1.43. The smallest absolute Gasteiger partial charge is 0.305 e. The van der Waals surface area contributed by atoms with Crippen molar-refractivity contribution in [3.8, 4) is 11.4 Å². The maximum atomic E-state index is 13.0. The average Bonchev–Trinajstić information content (AvgIpc) is 3.41. The number of benzene rings is 1. The third-order valence-electron chi connectivity index (χ3n) is 5.74. The summed E-state index contributed by atoms with van der Waals surface area (Å²) in [5, 5.41) is 13.6. The van der Waals surface area contributed by atoms with Crippen molar-refractivity contribution >= 4 is 23.1 Å². The molecule has 0 amide bonds. The maximum Gasteiger partial charge on any atom is 0.416 e. The fraction of sp³-hybridized carbons (Fsp3) is 0.455. The van der Waals surface area contributed by atoms with E-state index in [0.717, 1.165) is 72.8 Å². The fourth-order valence-corrected chi connectivity index (χ4v) is 5.46. The molecule has 9 heteroatoms. The minimum Gasteiger partial charge on any atom is -0.305 e. The Bertz CT molecular complexity index is 977. The van der Waals surface area contributed by atoms with Crippen LogP contribution in [0.3, 0.4) is 0 Å². The number of thioether (sulfide) groups is 1. The number of likely N-dealkylation sites (tertiary alicyclic amines) is 1. The van der Waals surface area contributed by atoms with Crippen molar-refractivity contribution in [3.05, 3.63) is 52.2 Å². The summed E-state index contributed by atoms with van der Waals surface area (Å²) in [4.78, 5) is 2.41. The third kappa shape index (κ3) is 5.51. The summed E-state index contributed by atoms with van der Waals surface area (Å²) in [6.45, 7) is 2.85. The molecule has 1 saturated heterocycles. The van der Waals surface area contributed by atoms with E-state index in [-0.39, 0.29) is 5.92 Å². The number of hydrogen-bond acceptors (Lipinski definition) is 5. The van der Waals surface area contributed by atoms with Crippen LogP contribution in [0.4, 0.5) is 13.2 Å². The standard InChI is InChI=1S/C22H25F3N4S2/c1-28-20(18-8-13-30-15-18)26-27-21(28)31-12-3-9-29-10-6-16(7-11-29)17-4-2-5-19(14-17)22(23,24)25/h2,4-5,8,13-16H,3,6-7,9-12H2,1H3. The third-order valence-corrected chi connectivity index (χ3v) is 7.53. The van der Waals surface area contributed by atoms with Gasteiger partial charge in [-0.05, 0) is 67.9 Å². The molecule has 1 fully saturated rings. The van der Waals surface area contributed by atoms with Gasteiger partial charge in [0.25, 0.3) is 0 Å². The number of thiophene rings is 1. The molecule has 4 rings (SSSR count). The van der Waals surface area contributed by atoms with E-state index in [0.29, 0.717) is 0 Å². The minimum absolute atomic E-state index is 0.210. The first-order valence-corrected chi connectivity index (χ1v) is 12.3. The van der Waals surface area contributed by atoms with Gasteiger partial charge in [0.05, 0.1) is 5.56 Å². The first-order chi connectivity index (χ1) is 14.9. The van der Waals surface area contributed by atoms with Gasteiger partial charge in [-0.3, -0.25) is 0 Å². The Morgan fingerprint density at radius 3 is 2.68 bits per heavy atom. The molecule has 0 N–H and O–H groups in total. The number of rotatable bonds is 7. The second-order valence-corrected chi connectivity index (χ2v) is 9.66. The molecule has 0 radical (unpaired) electrons. The highest BCUT2D eigenvalue weighted by Gasteiger charge is 2.31. The molecule has 4 nitrogen and oxygen atoms in total. The van der Waals surface area contributed by atoms with Crippen molar-refractivity contribution in [1.29, 1.82) is 0 Å². The number of halogens is 3. The SMILES string of the molecule is Cn1c(SCCCN2CCC(c3cccc(C(F)(F)F)c3)CC2)nnc1-c1ccsc1. The number of hydrogen-bond donors (Lipinski definition) is 0. The Labute approximate surface area is 188 Å². The van der Waals surface area contributed by atoms with Crippen LogP contribution in [0, 0.1) is 0 Å². The van der Waals surface area contributed by atoms with Gasteiger partial charge in [-0.15, -0.1) is 10.2 Å². The number of aromatic nitrogens is 3. The lowest BCUT2D eigenvalue weighted by Crippen LogP contribution is -2.34. The second kappa shape index (κ2) is 9.75. The van der Waals surface area contributed by atoms with Crippen molar-refractivity contribution in [3.63, 3.8) is 0 Å². The number of piperidine rings is 1. The second-order valence-electron chi connectivity index (χ2n) is 7.82. The van der Waals surface area contributed by atoms with Gasteiger partial charge in [0.1, 0.15) is 0 Å². The van der Waals surface area contributed by atoms with Crippen molar-refractivity contribution in [2.75, 3.05) is 25.4 Å². The van der Waals surface area contributed by atoms with Crippen molar-refractivity contribution < 1.29 is 13.2 Å². The highest BCUT2D eigenvalue weighted by molar-refractivity contribution is 7.99. The lowest BCUT2D eigenvalue weighted by atomic mass is 9.88. The monoisotopic (exact) mass is 466 g/mol. The van der Waals surface area contributed by atoms with E-state index >= 15 is 0 Å². The van der Waals surface area contributed by atoms with Crippen LogP contribution in [0.2, 0.25) is 0 Å². The Morgan fingerprint density at radius 1 is 1.16 bits per heavy atom. The van der Waals surface area contributed by atoms with Crippen LogP contribution in [0.15, 0.2) is 46.2 Å². The summed E-state index contributed by atoms with van der Waals surface area (Å²) in [7, 11) is 1.99. The molecule has 1 aliphatic rings. The Hall–Kier alpha value is -1.84. The molecule has 1 aliphatic heterocycles. The van der Waals surface area contributed by atoms with Crippen LogP contribution in [-0.4, -0.2) is 45.1 Å². The van der Waals surface area contributed by atoms with Gasteiger partial charge in [-0.2, -0.15) is 24.5 Å². The van der Waals surface area contributed by atoms with E-state index in [9.17, 15) is 13.2 Å². The summed E-state index contributed by atoms with van der Waals surface area (Å²) in [6, 6.07) is 7.88. The molecule has 0 spiro atoms. The Kier molecular flexibility index (Phi) is 7.03. The zero-order valence-corrected chi connectivity index (χ0v) is 18.9. The van der Waals surface area contributed by atoms with E-state index in [2.05, 4.69) is 20.5 Å². The molecular formula is C22H25F3N4S2. The number of nitrogens with zero attached hydrogens (tertiary/aromatic N) is 4. The lowest BCUT2D eigenvalue weighted by molar-refractivity contribution is -0.137. The van der Waals surface area contributed by atoms with E-state index in [4.69, 9.17) is 0 Å². The van der Waals surface area contributed by atoms with Gasteiger partial charge in [0.2, 0.25) is 0 Å². The van der Waals surface area contributed by atoms with Crippen LogP contribution in [0.5, 0.6) is 0 Å². The molecular weight excluding hydrogens is 441 g/mol. The quantitative estimate of drug-likeness (QED) is 0.320. The highest BCUT2D eigenvalue weighted by atomic mass is 32.2. The predicted molar refractivity (Wildman–Crippen MR) is 120 cm³/mol. The van der Waals surface area contributed by atoms with E-state index in [1.807, 2.05) is 29.1 Å². The predicted octanol–water partition coefficient (Wildman–Crippen LogP) is 5.92. The molecule has 3 heterocycles. The van der Waals surface area contributed by atoms with Crippen LogP contribution >= 0.6 is 23.1 Å². The molecule has 0 aliphatic carbocycles. The fourth-order valence-electron chi connectivity index (χ4n) is 3.99. The average molecular weight is 467 g/mol. The number of alkyl halides is 3. The van der Waals surface area contributed by atoms with Gasteiger partial charge >= 0.3 is 6.18 Å². The van der Waals surface area contributed by atoms with Gasteiger partial charge in [0, 0.05) is 23.7 Å². The van der Waals surface area contributed by atoms with Crippen molar-refractivity contribution in [2.45, 2.75) is 36.5 Å². The van der Waals surface area contributed by atoms with Gasteiger partial charge in [-0.1, -0.05) is 30.0 Å². The molecule has 166 valence electrons. The Balaban J connectivity index is 1.21.